The number of nitriles is 1. The van der Waals surface area contributed by atoms with Crippen molar-refractivity contribution < 1.29 is 0 Å². The van der Waals surface area contributed by atoms with Crippen LogP contribution in [0.4, 0.5) is 0 Å². The van der Waals surface area contributed by atoms with Gasteiger partial charge in [-0.25, -0.2) is 0 Å². The lowest BCUT2D eigenvalue weighted by Gasteiger charge is -2.11. The van der Waals surface area contributed by atoms with Gasteiger partial charge in [-0.05, 0) is 31.2 Å². The normalized spacial score (nSPS) is 10.3. The number of hydrogen-bond donors (Lipinski definition) is 0. The SMILES string of the molecule is Cc1c(Sc2ccccc2)nn(-c2ccccc2)c(=O)c1C#N. The molecule has 0 atom stereocenters. The van der Waals surface area contributed by atoms with Gasteiger partial charge in [-0.1, -0.05) is 48.2 Å². The van der Waals surface area contributed by atoms with Crippen molar-refractivity contribution in [1.82, 2.24) is 9.78 Å². The van der Waals surface area contributed by atoms with E-state index in [4.69, 9.17) is 0 Å². The average Bonchev–Trinajstić information content (AvgIpc) is 2.59. The van der Waals surface area contributed by atoms with E-state index in [0.717, 1.165) is 4.90 Å². The topological polar surface area (TPSA) is 58.7 Å². The molecular formula is C18H13N3OS. The third kappa shape index (κ3) is 3.03. The number of hydrogen-bond acceptors (Lipinski definition) is 4. The Hall–Kier alpha value is -2.84. The summed E-state index contributed by atoms with van der Waals surface area (Å²) >= 11 is 1.44. The van der Waals surface area contributed by atoms with Crippen molar-refractivity contribution in [3.8, 4) is 11.8 Å². The highest BCUT2D eigenvalue weighted by molar-refractivity contribution is 7.99. The molecule has 0 aliphatic carbocycles. The van der Waals surface area contributed by atoms with Crippen LogP contribution in [-0.2, 0) is 0 Å². The largest absolute Gasteiger partial charge is 0.289 e. The second-order valence-corrected chi connectivity index (χ2v) is 5.95. The van der Waals surface area contributed by atoms with Crippen LogP contribution in [0.2, 0.25) is 0 Å². The molecule has 0 saturated heterocycles. The number of benzene rings is 2. The van der Waals surface area contributed by atoms with Crippen molar-refractivity contribution in [1.29, 1.82) is 5.26 Å². The quantitative estimate of drug-likeness (QED) is 0.740. The average molecular weight is 319 g/mol. The molecular weight excluding hydrogens is 306 g/mol. The van der Waals surface area contributed by atoms with Crippen molar-refractivity contribution in [3.05, 3.63) is 82.1 Å². The summed E-state index contributed by atoms with van der Waals surface area (Å²) in [6.07, 6.45) is 0. The third-order valence-corrected chi connectivity index (χ3v) is 4.45. The zero-order chi connectivity index (χ0) is 16.2. The van der Waals surface area contributed by atoms with E-state index in [1.165, 1.54) is 16.4 Å². The maximum Gasteiger partial charge on any atom is 0.289 e. The minimum absolute atomic E-state index is 0.127. The van der Waals surface area contributed by atoms with E-state index in [-0.39, 0.29) is 5.56 Å². The second kappa shape index (κ2) is 6.51. The Labute approximate surface area is 138 Å². The highest BCUT2D eigenvalue weighted by atomic mass is 32.2. The summed E-state index contributed by atoms with van der Waals surface area (Å²) in [5, 5.41) is 14.5. The molecule has 0 N–H and O–H groups in total. The molecule has 3 rings (SSSR count). The fourth-order valence-corrected chi connectivity index (χ4v) is 3.05. The molecule has 0 bridgehead atoms. The van der Waals surface area contributed by atoms with Gasteiger partial charge in [0.2, 0.25) is 0 Å². The van der Waals surface area contributed by atoms with Crippen LogP contribution in [0.15, 0.2) is 75.4 Å². The smallest absolute Gasteiger partial charge is 0.266 e. The Bertz CT molecular complexity index is 928. The van der Waals surface area contributed by atoms with Crippen molar-refractivity contribution in [3.63, 3.8) is 0 Å². The first-order valence-electron chi connectivity index (χ1n) is 7.03. The summed E-state index contributed by atoms with van der Waals surface area (Å²) in [6, 6.07) is 20.9. The second-order valence-electron chi connectivity index (χ2n) is 4.88. The number of nitrogens with zero attached hydrogens (tertiary/aromatic N) is 3. The zero-order valence-electron chi connectivity index (χ0n) is 12.4. The van der Waals surface area contributed by atoms with Gasteiger partial charge in [-0.2, -0.15) is 15.0 Å². The summed E-state index contributed by atoms with van der Waals surface area (Å²) in [7, 11) is 0. The molecule has 1 aromatic heterocycles. The minimum atomic E-state index is -0.395. The Morgan fingerprint density at radius 3 is 2.26 bits per heavy atom. The summed E-state index contributed by atoms with van der Waals surface area (Å²) in [4.78, 5) is 13.5. The number of aromatic nitrogens is 2. The number of para-hydroxylation sites is 1. The van der Waals surface area contributed by atoms with Crippen molar-refractivity contribution in [2.24, 2.45) is 0 Å². The van der Waals surface area contributed by atoms with E-state index in [1.807, 2.05) is 54.6 Å². The van der Waals surface area contributed by atoms with E-state index >= 15 is 0 Å². The number of rotatable bonds is 3. The predicted molar refractivity (Wildman–Crippen MR) is 89.9 cm³/mol. The Balaban J connectivity index is 2.17. The molecule has 0 fully saturated rings. The summed E-state index contributed by atoms with van der Waals surface area (Å²) in [5.74, 6) is 0. The Morgan fingerprint density at radius 2 is 1.65 bits per heavy atom. The summed E-state index contributed by atoms with van der Waals surface area (Å²) in [5.41, 5.74) is 0.985. The maximum atomic E-state index is 12.5. The van der Waals surface area contributed by atoms with Crippen molar-refractivity contribution in [2.75, 3.05) is 0 Å². The van der Waals surface area contributed by atoms with Crippen LogP contribution in [0.5, 0.6) is 0 Å². The van der Waals surface area contributed by atoms with Gasteiger partial charge in [0.1, 0.15) is 16.7 Å². The summed E-state index contributed by atoms with van der Waals surface area (Å²) in [6.45, 7) is 1.76. The van der Waals surface area contributed by atoms with Crippen LogP contribution < -0.4 is 5.56 Å². The van der Waals surface area contributed by atoms with Gasteiger partial charge in [0, 0.05) is 10.5 Å². The molecule has 1 heterocycles. The molecule has 0 aliphatic heterocycles. The lowest BCUT2D eigenvalue weighted by molar-refractivity contribution is 0.739. The molecule has 4 nitrogen and oxygen atoms in total. The zero-order valence-corrected chi connectivity index (χ0v) is 13.2. The van der Waals surface area contributed by atoms with E-state index in [9.17, 15) is 10.1 Å². The molecule has 2 aromatic carbocycles. The van der Waals surface area contributed by atoms with Crippen LogP contribution in [0, 0.1) is 18.3 Å². The van der Waals surface area contributed by atoms with E-state index in [1.54, 1.807) is 19.1 Å². The van der Waals surface area contributed by atoms with Crippen LogP contribution in [0.3, 0.4) is 0 Å². The predicted octanol–water partition coefficient (Wildman–Crippen LogP) is 3.56. The lowest BCUT2D eigenvalue weighted by Crippen LogP contribution is -2.25. The highest BCUT2D eigenvalue weighted by Gasteiger charge is 2.15. The molecule has 3 aromatic rings. The van der Waals surface area contributed by atoms with Crippen molar-refractivity contribution >= 4 is 11.8 Å². The van der Waals surface area contributed by atoms with Gasteiger partial charge in [0.25, 0.3) is 5.56 Å². The Morgan fingerprint density at radius 1 is 1.04 bits per heavy atom. The fourth-order valence-electron chi connectivity index (χ4n) is 2.16. The molecule has 0 saturated carbocycles. The van der Waals surface area contributed by atoms with Gasteiger partial charge in [0.15, 0.2) is 0 Å². The summed E-state index contributed by atoms with van der Waals surface area (Å²) < 4.78 is 1.29. The van der Waals surface area contributed by atoms with Gasteiger partial charge in [0.05, 0.1) is 5.69 Å². The first-order valence-corrected chi connectivity index (χ1v) is 7.84. The molecule has 0 unspecified atom stereocenters. The molecule has 112 valence electrons. The van der Waals surface area contributed by atoms with E-state index in [0.29, 0.717) is 16.3 Å². The van der Waals surface area contributed by atoms with E-state index in [2.05, 4.69) is 5.10 Å². The van der Waals surface area contributed by atoms with Crippen LogP contribution in [-0.4, -0.2) is 9.78 Å². The van der Waals surface area contributed by atoms with Crippen LogP contribution in [0.25, 0.3) is 5.69 Å². The van der Waals surface area contributed by atoms with Crippen LogP contribution in [0.1, 0.15) is 11.1 Å². The highest BCUT2D eigenvalue weighted by Crippen LogP contribution is 2.28. The monoisotopic (exact) mass is 319 g/mol. The molecule has 0 radical (unpaired) electrons. The first kappa shape index (κ1) is 15.1. The Kier molecular flexibility index (Phi) is 4.26. The molecule has 23 heavy (non-hydrogen) atoms. The van der Waals surface area contributed by atoms with E-state index < -0.39 is 5.56 Å². The standard InChI is InChI=1S/C18H13N3OS/c1-13-16(12-19)18(22)21(14-8-4-2-5-9-14)20-17(13)23-15-10-6-3-7-11-15/h2-11H,1H3. The molecule has 0 spiro atoms. The van der Waals surface area contributed by atoms with Gasteiger partial charge < -0.3 is 0 Å². The molecule has 5 heteroatoms. The van der Waals surface area contributed by atoms with Gasteiger partial charge in [-0.3, -0.25) is 4.79 Å². The maximum absolute atomic E-state index is 12.5. The van der Waals surface area contributed by atoms with Crippen molar-refractivity contribution in [2.45, 2.75) is 16.8 Å². The molecule has 0 aliphatic rings. The lowest BCUT2D eigenvalue weighted by atomic mass is 10.2. The third-order valence-electron chi connectivity index (χ3n) is 3.36. The fraction of sp³-hybridized carbons (Fsp3) is 0.0556. The van der Waals surface area contributed by atoms with Gasteiger partial charge >= 0.3 is 0 Å². The first-order chi connectivity index (χ1) is 11.2. The van der Waals surface area contributed by atoms with Crippen LogP contribution >= 0.6 is 11.8 Å². The minimum Gasteiger partial charge on any atom is -0.266 e. The van der Waals surface area contributed by atoms with Gasteiger partial charge in [-0.15, -0.1) is 0 Å². The molecule has 0 amide bonds.